The summed E-state index contributed by atoms with van der Waals surface area (Å²) in [7, 11) is 6.13. The van der Waals surface area contributed by atoms with Gasteiger partial charge in [0.05, 0.1) is 24.7 Å². The van der Waals surface area contributed by atoms with Crippen LogP contribution in [0.1, 0.15) is 17.4 Å². The van der Waals surface area contributed by atoms with E-state index in [0.717, 1.165) is 42.6 Å². The lowest BCUT2D eigenvalue weighted by Gasteiger charge is -2.27. The zero-order valence-corrected chi connectivity index (χ0v) is 19.3. The molecule has 2 aromatic carbocycles. The van der Waals surface area contributed by atoms with Crippen LogP contribution in [0.4, 0.5) is 0 Å². The Morgan fingerprint density at radius 1 is 0.967 bits per heavy atom. The maximum absolute atomic E-state index is 5.33. The van der Waals surface area contributed by atoms with Crippen molar-refractivity contribution in [2.24, 2.45) is 18.9 Å². The van der Waals surface area contributed by atoms with Crippen LogP contribution in [0, 0.1) is 11.8 Å². The predicted octanol–water partition coefficient (Wildman–Crippen LogP) is 4.16. The number of para-hydroxylation sites is 2. The third-order valence-corrected chi connectivity index (χ3v) is 6.67. The van der Waals surface area contributed by atoms with Gasteiger partial charge in [-0.15, -0.1) is 24.8 Å². The van der Waals surface area contributed by atoms with Gasteiger partial charge in [0.2, 0.25) is 0 Å². The first-order chi connectivity index (χ1) is 13.6. The van der Waals surface area contributed by atoms with E-state index in [1.165, 1.54) is 17.6 Å². The smallest absolute Gasteiger partial charge is 0.123 e. The highest BCUT2D eigenvalue weighted by Crippen LogP contribution is 2.44. The van der Waals surface area contributed by atoms with E-state index in [2.05, 4.69) is 77.0 Å². The minimum Gasteiger partial charge on any atom is -0.497 e. The number of hydrogen-bond donors (Lipinski definition) is 0. The Kier molecular flexibility index (Phi) is 6.98. The van der Waals surface area contributed by atoms with Crippen molar-refractivity contribution in [2.45, 2.75) is 12.6 Å². The van der Waals surface area contributed by atoms with Crippen molar-refractivity contribution in [1.82, 2.24) is 19.4 Å². The number of aromatic nitrogens is 2. The number of hydrogen-bond acceptors (Lipinski definition) is 4. The quantitative estimate of drug-likeness (QED) is 0.599. The molecular formula is C23H30Cl2N4O. The largest absolute Gasteiger partial charge is 0.497 e. The van der Waals surface area contributed by atoms with Gasteiger partial charge < -0.3 is 9.30 Å². The summed E-state index contributed by atoms with van der Waals surface area (Å²) in [5, 5.41) is 0. The molecule has 0 radical (unpaired) electrons. The van der Waals surface area contributed by atoms with Gasteiger partial charge in [0.25, 0.3) is 0 Å². The number of rotatable bonds is 4. The topological polar surface area (TPSA) is 33.5 Å². The number of halogens is 2. The third kappa shape index (κ3) is 3.92. The molecule has 1 aromatic heterocycles. The van der Waals surface area contributed by atoms with Crippen molar-refractivity contribution < 1.29 is 4.74 Å². The molecule has 2 fully saturated rings. The van der Waals surface area contributed by atoms with Crippen molar-refractivity contribution >= 4 is 35.8 Å². The van der Waals surface area contributed by atoms with Crippen molar-refractivity contribution in [3.05, 3.63) is 59.9 Å². The lowest BCUT2D eigenvalue weighted by atomic mass is 9.89. The lowest BCUT2D eigenvalue weighted by Crippen LogP contribution is -2.29. The van der Waals surface area contributed by atoms with Crippen LogP contribution in [-0.4, -0.2) is 53.1 Å². The first-order valence-corrected chi connectivity index (χ1v) is 10.1. The molecule has 0 spiro atoms. The lowest BCUT2D eigenvalue weighted by molar-refractivity contribution is 0.221. The van der Waals surface area contributed by atoms with Crippen LogP contribution in [-0.2, 0) is 13.6 Å². The number of nitrogens with zero attached hydrogens (tertiary/aromatic N) is 4. The molecule has 0 saturated carbocycles. The average Bonchev–Trinajstić information content (AvgIpc) is 3.33. The second-order valence-electron chi connectivity index (χ2n) is 8.35. The second kappa shape index (κ2) is 9.15. The highest BCUT2D eigenvalue weighted by molar-refractivity contribution is 5.85. The molecule has 5 nitrogen and oxygen atoms in total. The minimum absolute atomic E-state index is 0. The SMILES string of the molecule is COc1ccc([C@H]2[C@@H]3CN(Cc4nc5ccccc5n4C)C[C@@H]3CN2C)cc1.Cl.Cl. The van der Waals surface area contributed by atoms with Crippen LogP contribution >= 0.6 is 24.8 Å². The van der Waals surface area contributed by atoms with Gasteiger partial charge in [0.1, 0.15) is 11.6 Å². The van der Waals surface area contributed by atoms with Crippen LogP contribution in [0.3, 0.4) is 0 Å². The van der Waals surface area contributed by atoms with Gasteiger partial charge >= 0.3 is 0 Å². The molecule has 3 heterocycles. The number of ether oxygens (including phenoxy) is 1. The van der Waals surface area contributed by atoms with Crippen molar-refractivity contribution in [3.63, 3.8) is 0 Å². The van der Waals surface area contributed by atoms with Gasteiger partial charge in [-0.1, -0.05) is 24.3 Å². The van der Waals surface area contributed by atoms with Crippen LogP contribution in [0.2, 0.25) is 0 Å². The summed E-state index contributed by atoms with van der Waals surface area (Å²) in [5.41, 5.74) is 3.71. The minimum atomic E-state index is 0. The molecule has 7 heteroatoms. The van der Waals surface area contributed by atoms with Gasteiger partial charge in [0, 0.05) is 32.7 Å². The summed E-state index contributed by atoms with van der Waals surface area (Å²) in [6, 6.07) is 17.5. The van der Waals surface area contributed by atoms with Gasteiger partial charge in [0.15, 0.2) is 0 Å². The molecule has 0 unspecified atom stereocenters. The third-order valence-electron chi connectivity index (χ3n) is 6.67. The Balaban J connectivity index is 0.00000128. The first-order valence-electron chi connectivity index (χ1n) is 10.1. The number of benzene rings is 2. The van der Waals surface area contributed by atoms with Gasteiger partial charge in [-0.3, -0.25) is 9.80 Å². The summed E-state index contributed by atoms with van der Waals surface area (Å²) < 4.78 is 7.58. The monoisotopic (exact) mass is 448 g/mol. The zero-order valence-electron chi connectivity index (χ0n) is 17.7. The highest BCUT2D eigenvalue weighted by atomic mass is 35.5. The molecule has 2 saturated heterocycles. The average molecular weight is 449 g/mol. The van der Waals surface area contributed by atoms with Crippen molar-refractivity contribution in [2.75, 3.05) is 33.8 Å². The predicted molar refractivity (Wildman–Crippen MR) is 126 cm³/mol. The van der Waals surface area contributed by atoms with E-state index >= 15 is 0 Å². The van der Waals surface area contributed by atoms with E-state index in [0.29, 0.717) is 12.0 Å². The molecule has 2 aliphatic heterocycles. The molecule has 2 aliphatic rings. The summed E-state index contributed by atoms with van der Waals surface area (Å²) in [4.78, 5) is 10.0. The number of likely N-dealkylation sites (tertiary alicyclic amines) is 2. The highest BCUT2D eigenvalue weighted by Gasteiger charge is 2.46. The fraction of sp³-hybridized carbons (Fsp3) is 0.435. The fourth-order valence-corrected chi connectivity index (χ4v) is 5.32. The molecule has 30 heavy (non-hydrogen) atoms. The van der Waals surface area contributed by atoms with Crippen LogP contribution in [0.25, 0.3) is 11.0 Å². The molecule has 162 valence electrons. The van der Waals surface area contributed by atoms with E-state index in [4.69, 9.17) is 9.72 Å². The van der Waals surface area contributed by atoms with Crippen molar-refractivity contribution in [1.29, 1.82) is 0 Å². The molecule has 5 rings (SSSR count). The van der Waals surface area contributed by atoms with Gasteiger partial charge in [-0.05, 0) is 48.7 Å². The maximum Gasteiger partial charge on any atom is 0.123 e. The number of methoxy groups -OCH3 is 1. The Bertz CT molecular complexity index is 991. The summed E-state index contributed by atoms with van der Waals surface area (Å²) in [6.45, 7) is 4.39. The van der Waals surface area contributed by atoms with Crippen LogP contribution in [0.15, 0.2) is 48.5 Å². The first kappa shape index (κ1) is 22.9. The molecule has 0 amide bonds. The normalized spacial score (nSPS) is 23.8. The number of imidazole rings is 1. The molecular weight excluding hydrogens is 419 g/mol. The van der Waals surface area contributed by atoms with E-state index in [1.54, 1.807) is 7.11 Å². The Morgan fingerprint density at radius 2 is 1.70 bits per heavy atom. The van der Waals surface area contributed by atoms with Crippen molar-refractivity contribution in [3.8, 4) is 5.75 Å². The molecule has 3 atom stereocenters. The summed E-state index contributed by atoms with van der Waals surface area (Å²) in [6.07, 6.45) is 0. The zero-order chi connectivity index (χ0) is 19.3. The van der Waals surface area contributed by atoms with Gasteiger partial charge in [-0.25, -0.2) is 4.98 Å². The Hall–Kier alpha value is -1.79. The number of fused-ring (bicyclic) bond motifs is 2. The van der Waals surface area contributed by atoms with E-state index in [-0.39, 0.29) is 24.8 Å². The molecule has 3 aromatic rings. The Labute approximate surface area is 190 Å². The molecule has 0 N–H and O–H groups in total. The molecule has 0 aliphatic carbocycles. The Morgan fingerprint density at radius 3 is 2.40 bits per heavy atom. The second-order valence-corrected chi connectivity index (χ2v) is 8.35. The van der Waals surface area contributed by atoms with Crippen LogP contribution < -0.4 is 4.74 Å². The summed E-state index contributed by atoms with van der Waals surface area (Å²) in [5.74, 6) is 3.49. The maximum atomic E-state index is 5.33. The number of aryl methyl sites for hydroxylation is 1. The van der Waals surface area contributed by atoms with Gasteiger partial charge in [-0.2, -0.15) is 0 Å². The van der Waals surface area contributed by atoms with E-state index < -0.39 is 0 Å². The van der Waals surface area contributed by atoms with E-state index in [1.807, 2.05) is 0 Å². The van der Waals surface area contributed by atoms with Crippen LogP contribution in [0.5, 0.6) is 5.75 Å². The summed E-state index contributed by atoms with van der Waals surface area (Å²) >= 11 is 0. The molecule has 0 bridgehead atoms. The fourth-order valence-electron chi connectivity index (χ4n) is 5.32. The standard InChI is InChI=1S/C23H28N4O.2ClH/c1-25-12-17-13-27(15-22-24-20-6-4-5-7-21(20)26(22)2)14-19(17)23(25)16-8-10-18(28-3)11-9-16;;/h4-11,17,19,23H,12-15H2,1-3H3;2*1H/t17-,19+,23-;;/m0../s1. The van der Waals surface area contributed by atoms with E-state index in [9.17, 15) is 0 Å².